The molecule has 0 saturated carbocycles. The second-order valence-electron chi connectivity index (χ2n) is 3.18. The van der Waals surface area contributed by atoms with Crippen LogP contribution in [0.1, 0.15) is 5.56 Å². The third-order valence-corrected chi connectivity index (χ3v) is 1.88. The van der Waals surface area contributed by atoms with Crippen molar-refractivity contribution in [2.75, 3.05) is 5.73 Å². The Labute approximate surface area is 87.7 Å². The van der Waals surface area contributed by atoms with E-state index in [9.17, 15) is 0 Å². The quantitative estimate of drug-likeness (QED) is 0.756. The van der Waals surface area contributed by atoms with Crippen LogP contribution in [0.5, 0.6) is 11.8 Å². The molecule has 0 bridgehead atoms. The number of para-hydroxylation sites is 2. The van der Waals surface area contributed by atoms with Crippen molar-refractivity contribution >= 4 is 5.69 Å². The van der Waals surface area contributed by atoms with Gasteiger partial charge in [0.15, 0.2) is 5.75 Å². The Morgan fingerprint density at radius 2 is 1.80 bits per heavy atom. The van der Waals surface area contributed by atoms with Gasteiger partial charge in [0.2, 0.25) is 0 Å². The van der Waals surface area contributed by atoms with Crippen LogP contribution in [-0.2, 0) is 0 Å². The van der Waals surface area contributed by atoms with Crippen molar-refractivity contribution in [3.63, 3.8) is 0 Å². The fourth-order valence-electron chi connectivity index (χ4n) is 1.11. The summed E-state index contributed by atoms with van der Waals surface area (Å²) in [5.41, 5.74) is 7.28. The molecule has 4 heteroatoms. The van der Waals surface area contributed by atoms with Gasteiger partial charge in [-0.15, -0.1) is 0 Å². The summed E-state index contributed by atoms with van der Waals surface area (Å²) in [6, 6.07) is 7.54. The zero-order valence-electron chi connectivity index (χ0n) is 8.34. The topological polar surface area (TPSA) is 61.0 Å². The summed E-state index contributed by atoms with van der Waals surface area (Å²) in [6.07, 6.45) is 3.39. The number of aromatic nitrogens is 2. The lowest BCUT2D eigenvalue weighted by Gasteiger charge is -2.05. The number of rotatable bonds is 2. The third-order valence-electron chi connectivity index (χ3n) is 1.88. The van der Waals surface area contributed by atoms with E-state index in [0.29, 0.717) is 17.4 Å². The fourth-order valence-corrected chi connectivity index (χ4v) is 1.11. The highest BCUT2D eigenvalue weighted by molar-refractivity contribution is 5.52. The van der Waals surface area contributed by atoms with Gasteiger partial charge in [-0.1, -0.05) is 12.1 Å². The van der Waals surface area contributed by atoms with Crippen molar-refractivity contribution in [3.8, 4) is 11.8 Å². The molecule has 0 saturated heterocycles. The van der Waals surface area contributed by atoms with Crippen molar-refractivity contribution in [3.05, 3.63) is 42.2 Å². The van der Waals surface area contributed by atoms with Crippen LogP contribution in [0.4, 0.5) is 5.69 Å². The van der Waals surface area contributed by atoms with E-state index in [1.165, 1.54) is 0 Å². The first-order chi connectivity index (χ1) is 7.25. The molecule has 0 aliphatic heterocycles. The number of ether oxygens (including phenoxy) is 1. The Kier molecular flexibility index (Phi) is 2.49. The molecule has 0 aliphatic carbocycles. The molecule has 0 fully saturated rings. The Bertz CT molecular complexity index is 454. The average Bonchev–Trinajstić information content (AvgIpc) is 2.25. The molecule has 0 unspecified atom stereocenters. The number of nitrogens with zero attached hydrogens (tertiary/aromatic N) is 2. The predicted molar refractivity (Wildman–Crippen MR) is 57.7 cm³/mol. The molecule has 76 valence electrons. The van der Waals surface area contributed by atoms with E-state index in [1.807, 2.05) is 19.1 Å². The number of aryl methyl sites for hydroxylation is 1. The lowest BCUT2D eigenvalue weighted by atomic mass is 10.3. The third kappa shape index (κ3) is 2.22. The first-order valence-corrected chi connectivity index (χ1v) is 4.57. The van der Waals surface area contributed by atoms with Gasteiger partial charge >= 0.3 is 6.01 Å². The molecule has 4 nitrogen and oxygen atoms in total. The monoisotopic (exact) mass is 201 g/mol. The Morgan fingerprint density at radius 1 is 1.13 bits per heavy atom. The summed E-state index contributed by atoms with van der Waals surface area (Å²) in [6.45, 7) is 1.92. The van der Waals surface area contributed by atoms with Crippen LogP contribution in [0.15, 0.2) is 36.7 Å². The van der Waals surface area contributed by atoms with E-state index in [1.54, 1.807) is 24.5 Å². The SMILES string of the molecule is Cc1cnc(Oc2ccccc2N)nc1. The van der Waals surface area contributed by atoms with Gasteiger partial charge in [-0.25, -0.2) is 9.97 Å². The molecule has 1 aromatic carbocycles. The summed E-state index contributed by atoms with van der Waals surface area (Å²) in [5, 5.41) is 0. The van der Waals surface area contributed by atoms with Gasteiger partial charge in [-0.2, -0.15) is 0 Å². The number of nitrogens with two attached hydrogens (primary N) is 1. The summed E-state index contributed by atoms with van der Waals surface area (Å²) < 4.78 is 5.42. The van der Waals surface area contributed by atoms with Gasteiger partial charge in [0.1, 0.15) is 0 Å². The minimum atomic E-state index is 0.304. The first-order valence-electron chi connectivity index (χ1n) is 4.57. The van der Waals surface area contributed by atoms with Crippen molar-refractivity contribution in [1.82, 2.24) is 9.97 Å². The molecule has 2 rings (SSSR count). The first kappa shape index (κ1) is 9.45. The van der Waals surface area contributed by atoms with Gasteiger partial charge < -0.3 is 10.5 Å². The van der Waals surface area contributed by atoms with Crippen LogP contribution in [0.3, 0.4) is 0 Å². The maximum atomic E-state index is 5.72. The lowest BCUT2D eigenvalue weighted by Crippen LogP contribution is -1.95. The number of hydrogen-bond donors (Lipinski definition) is 1. The summed E-state index contributed by atoms with van der Waals surface area (Å²) in [5.74, 6) is 0.571. The number of benzene rings is 1. The van der Waals surface area contributed by atoms with Gasteiger partial charge in [-0.05, 0) is 24.6 Å². The molecule has 1 heterocycles. The normalized spacial score (nSPS) is 9.93. The molecule has 15 heavy (non-hydrogen) atoms. The maximum absolute atomic E-state index is 5.72. The number of hydrogen-bond acceptors (Lipinski definition) is 4. The fraction of sp³-hybridized carbons (Fsp3) is 0.0909. The Balaban J connectivity index is 2.22. The van der Waals surface area contributed by atoms with Gasteiger partial charge in [0, 0.05) is 12.4 Å². The molecule has 0 amide bonds. The molecule has 2 aromatic rings. The van der Waals surface area contributed by atoms with Crippen LogP contribution >= 0.6 is 0 Å². The molecular formula is C11H11N3O. The van der Waals surface area contributed by atoms with E-state index in [4.69, 9.17) is 10.5 Å². The molecule has 1 aromatic heterocycles. The van der Waals surface area contributed by atoms with Gasteiger partial charge in [0.25, 0.3) is 0 Å². The second-order valence-corrected chi connectivity index (χ2v) is 3.18. The van der Waals surface area contributed by atoms with E-state index in [0.717, 1.165) is 5.56 Å². The largest absolute Gasteiger partial charge is 0.422 e. The zero-order valence-corrected chi connectivity index (χ0v) is 8.34. The number of nitrogen functional groups attached to an aromatic ring is 1. The van der Waals surface area contributed by atoms with Crippen LogP contribution in [0.2, 0.25) is 0 Å². The van der Waals surface area contributed by atoms with Crippen molar-refractivity contribution < 1.29 is 4.74 Å². The Hall–Kier alpha value is -2.10. The molecule has 2 N–H and O–H groups in total. The second kappa shape index (κ2) is 3.96. The minimum absolute atomic E-state index is 0.304. The van der Waals surface area contributed by atoms with E-state index >= 15 is 0 Å². The summed E-state index contributed by atoms with van der Waals surface area (Å²) >= 11 is 0. The number of anilines is 1. The molecule has 0 radical (unpaired) electrons. The molecule has 0 aliphatic rings. The van der Waals surface area contributed by atoms with Crippen LogP contribution in [0, 0.1) is 6.92 Å². The lowest BCUT2D eigenvalue weighted by molar-refractivity contribution is 0.443. The van der Waals surface area contributed by atoms with E-state index in [-0.39, 0.29) is 0 Å². The molecular weight excluding hydrogens is 190 g/mol. The van der Waals surface area contributed by atoms with Crippen LogP contribution in [0.25, 0.3) is 0 Å². The van der Waals surface area contributed by atoms with E-state index < -0.39 is 0 Å². The Morgan fingerprint density at radius 3 is 2.47 bits per heavy atom. The average molecular weight is 201 g/mol. The predicted octanol–water partition coefficient (Wildman–Crippen LogP) is 2.16. The van der Waals surface area contributed by atoms with Crippen molar-refractivity contribution in [2.45, 2.75) is 6.92 Å². The van der Waals surface area contributed by atoms with Crippen molar-refractivity contribution in [1.29, 1.82) is 0 Å². The smallest absolute Gasteiger partial charge is 0.321 e. The van der Waals surface area contributed by atoms with Gasteiger partial charge in [0.05, 0.1) is 5.69 Å². The molecule has 0 spiro atoms. The standard InChI is InChI=1S/C11H11N3O/c1-8-6-13-11(14-7-8)15-10-5-3-2-4-9(10)12/h2-7H,12H2,1H3. The van der Waals surface area contributed by atoms with Crippen LogP contribution < -0.4 is 10.5 Å². The van der Waals surface area contributed by atoms with E-state index in [2.05, 4.69) is 9.97 Å². The van der Waals surface area contributed by atoms with Gasteiger partial charge in [-0.3, -0.25) is 0 Å². The minimum Gasteiger partial charge on any atom is -0.422 e. The van der Waals surface area contributed by atoms with Crippen molar-refractivity contribution in [2.24, 2.45) is 0 Å². The summed E-state index contributed by atoms with van der Waals surface area (Å²) in [4.78, 5) is 8.05. The molecule has 0 atom stereocenters. The highest BCUT2D eigenvalue weighted by Crippen LogP contribution is 2.23. The highest BCUT2D eigenvalue weighted by Gasteiger charge is 2.02. The maximum Gasteiger partial charge on any atom is 0.321 e. The zero-order chi connectivity index (χ0) is 10.7. The summed E-state index contributed by atoms with van der Waals surface area (Å²) in [7, 11) is 0. The highest BCUT2D eigenvalue weighted by atomic mass is 16.5. The van der Waals surface area contributed by atoms with Crippen LogP contribution in [-0.4, -0.2) is 9.97 Å².